The van der Waals surface area contributed by atoms with E-state index in [0.29, 0.717) is 11.8 Å². The molecule has 1 saturated carbocycles. The maximum absolute atomic E-state index is 9.97. The summed E-state index contributed by atoms with van der Waals surface area (Å²) in [5.74, 6) is 1.00. The van der Waals surface area contributed by atoms with Gasteiger partial charge < -0.3 is 10.0 Å². The Labute approximate surface area is 108 Å². The highest BCUT2D eigenvalue weighted by molar-refractivity contribution is 5.64. The molecule has 2 aliphatic rings. The predicted octanol–water partition coefficient (Wildman–Crippen LogP) is 2.07. The Kier molecular flexibility index (Phi) is 2.76. The minimum absolute atomic E-state index is 0.144. The van der Waals surface area contributed by atoms with Gasteiger partial charge in [-0.15, -0.1) is 0 Å². The molecule has 1 aromatic rings. The lowest BCUT2D eigenvalue weighted by Gasteiger charge is -2.23. The van der Waals surface area contributed by atoms with Crippen LogP contribution >= 0.6 is 0 Å². The molecule has 1 aliphatic heterocycles. The standard InChI is InChI=1S/C15H18N2O/c1-10-3-2-4-11(7-16)15(10)17-8-12-5-6-14(18)13(12)9-17/h2-4,12-14,18H,5-6,8-9H2,1H3. The third-order valence-electron chi connectivity index (χ3n) is 4.49. The molecule has 3 rings (SSSR count). The number of nitrogens with zero attached hydrogens (tertiary/aromatic N) is 2. The molecule has 0 radical (unpaired) electrons. The van der Waals surface area contributed by atoms with Gasteiger partial charge in [-0.25, -0.2) is 0 Å². The first-order chi connectivity index (χ1) is 8.70. The summed E-state index contributed by atoms with van der Waals surface area (Å²) in [6.07, 6.45) is 1.92. The summed E-state index contributed by atoms with van der Waals surface area (Å²) < 4.78 is 0. The van der Waals surface area contributed by atoms with E-state index in [0.717, 1.165) is 42.7 Å². The minimum atomic E-state index is -0.144. The van der Waals surface area contributed by atoms with Crippen LogP contribution in [0.5, 0.6) is 0 Å². The van der Waals surface area contributed by atoms with Crippen LogP contribution in [-0.4, -0.2) is 24.3 Å². The minimum Gasteiger partial charge on any atom is -0.393 e. The van der Waals surface area contributed by atoms with E-state index in [9.17, 15) is 10.4 Å². The number of nitriles is 1. The average Bonchev–Trinajstić information content (AvgIpc) is 2.91. The number of hydrogen-bond donors (Lipinski definition) is 1. The highest BCUT2D eigenvalue weighted by Gasteiger charge is 2.42. The molecule has 1 aliphatic carbocycles. The van der Waals surface area contributed by atoms with Gasteiger partial charge in [0.15, 0.2) is 0 Å². The first-order valence-corrected chi connectivity index (χ1v) is 6.63. The summed E-state index contributed by atoms with van der Waals surface area (Å²) in [6, 6.07) is 8.16. The van der Waals surface area contributed by atoms with E-state index in [1.165, 1.54) is 0 Å². The van der Waals surface area contributed by atoms with Crippen molar-refractivity contribution in [2.24, 2.45) is 11.8 Å². The van der Waals surface area contributed by atoms with Crippen LogP contribution in [0, 0.1) is 30.1 Å². The molecular formula is C15H18N2O. The molecule has 0 bridgehead atoms. The van der Waals surface area contributed by atoms with E-state index in [1.54, 1.807) is 0 Å². The third-order valence-corrected chi connectivity index (χ3v) is 4.49. The van der Waals surface area contributed by atoms with E-state index in [1.807, 2.05) is 12.1 Å². The number of anilines is 1. The van der Waals surface area contributed by atoms with Crippen LogP contribution in [0.1, 0.15) is 24.0 Å². The molecule has 0 amide bonds. The summed E-state index contributed by atoms with van der Waals surface area (Å²) in [6.45, 7) is 3.94. The van der Waals surface area contributed by atoms with Crippen LogP contribution < -0.4 is 4.90 Å². The van der Waals surface area contributed by atoms with Gasteiger partial charge in [-0.1, -0.05) is 12.1 Å². The van der Waals surface area contributed by atoms with Crippen LogP contribution in [0.15, 0.2) is 18.2 Å². The highest BCUT2D eigenvalue weighted by Crippen LogP contribution is 2.41. The van der Waals surface area contributed by atoms with Crippen molar-refractivity contribution in [3.05, 3.63) is 29.3 Å². The Balaban J connectivity index is 1.92. The van der Waals surface area contributed by atoms with Gasteiger partial charge in [0, 0.05) is 19.0 Å². The fourth-order valence-electron chi connectivity index (χ4n) is 3.59. The number of benzene rings is 1. The molecule has 1 aromatic carbocycles. The molecule has 3 unspecified atom stereocenters. The van der Waals surface area contributed by atoms with Crippen LogP contribution in [0.25, 0.3) is 0 Å². The molecule has 3 nitrogen and oxygen atoms in total. The van der Waals surface area contributed by atoms with Gasteiger partial charge in [0.2, 0.25) is 0 Å². The van der Waals surface area contributed by atoms with Crippen LogP contribution in [0.4, 0.5) is 5.69 Å². The van der Waals surface area contributed by atoms with Crippen molar-refractivity contribution in [1.29, 1.82) is 5.26 Å². The Hall–Kier alpha value is -1.53. The van der Waals surface area contributed by atoms with Gasteiger partial charge in [0.25, 0.3) is 0 Å². The van der Waals surface area contributed by atoms with Gasteiger partial charge in [-0.05, 0) is 37.3 Å². The van der Waals surface area contributed by atoms with Crippen molar-refractivity contribution in [3.63, 3.8) is 0 Å². The summed E-state index contributed by atoms with van der Waals surface area (Å²) in [4.78, 5) is 2.30. The zero-order chi connectivity index (χ0) is 12.7. The lowest BCUT2D eigenvalue weighted by Crippen LogP contribution is -2.25. The number of hydrogen-bond acceptors (Lipinski definition) is 3. The first kappa shape index (κ1) is 11.6. The summed E-state index contributed by atoms with van der Waals surface area (Å²) >= 11 is 0. The summed E-state index contributed by atoms with van der Waals surface area (Å²) in [5.41, 5.74) is 2.98. The summed E-state index contributed by atoms with van der Waals surface area (Å²) in [5, 5.41) is 19.2. The van der Waals surface area contributed by atoms with Crippen molar-refractivity contribution >= 4 is 5.69 Å². The first-order valence-electron chi connectivity index (χ1n) is 6.63. The van der Waals surface area contributed by atoms with Gasteiger partial charge >= 0.3 is 0 Å². The molecule has 1 heterocycles. The van der Waals surface area contributed by atoms with Crippen molar-refractivity contribution in [1.82, 2.24) is 0 Å². The Bertz CT molecular complexity index is 506. The maximum Gasteiger partial charge on any atom is 0.101 e. The number of rotatable bonds is 1. The van der Waals surface area contributed by atoms with Crippen molar-refractivity contribution in [2.45, 2.75) is 25.9 Å². The van der Waals surface area contributed by atoms with Gasteiger partial charge in [-0.3, -0.25) is 0 Å². The maximum atomic E-state index is 9.97. The lowest BCUT2D eigenvalue weighted by atomic mass is 10.00. The predicted molar refractivity (Wildman–Crippen MR) is 70.3 cm³/mol. The Morgan fingerprint density at radius 3 is 2.89 bits per heavy atom. The van der Waals surface area contributed by atoms with Crippen molar-refractivity contribution < 1.29 is 5.11 Å². The number of aliphatic hydroxyl groups excluding tert-OH is 1. The van der Waals surface area contributed by atoms with Gasteiger partial charge in [-0.2, -0.15) is 5.26 Å². The zero-order valence-electron chi connectivity index (χ0n) is 10.6. The monoisotopic (exact) mass is 242 g/mol. The molecule has 3 atom stereocenters. The fraction of sp³-hybridized carbons (Fsp3) is 0.533. The van der Waals surface area contributed by atoms with E-state index in [2.05, 4.69) is 24.0 Å². The molecule has 0 spiro atoms. The van der Waals surface area contributed by atoms with Crippen molar-refractivity contribution in [3.8, 4) is 6.07 Å². The van der Waals surface area contributed by atoms with Crippen LogP contribution in [0.3, 0.4) is 0 Å². The van der Waals surface area contributed by atoms with Crippen LogP contribution in [-0.2, 0) is 0 Å². The number of aliphatic hydroxyl groups is 1. The summed E-state index contributed by atoms with van der Waals surface area (Å²) in [7, 11) is 0. The van der Waals surface area contributed by atoms with E-state index >= 15 is 0 Å². The molecule has 1 saturated heterocycles. The highest BCUT2D eigenvalue weighted by atomic mass is 16.3. The Morgan fingerprint density at radius 2 is 2.17 bits per heavy atom. The van der Waals surface area contributed by atoms with E-state index in [4.69, 9.17) is 0 Å². The molecule has 2 fully saturated rings. The fourth-order valence-corrected chi connectivity index (χ4v) is 3.59. The molecule has 0 aromatic heterocycles. The van der Waals surface area contributed by atoms with Gasteiger partial charge in [0.05, 0.1) is 17.4 Å². The number of aryl methyl sites for hydroxylation is 1. The van der Waals surface area contributed by atoms with E-state index < -0.39 is 0 Å². The molecular weight excluding hydrogens is 224 g/mol. The number of fused-ring (bicyclic) bond motifs is 1. The number of para-hydroxylation sites is 1. The SMILES string of the molecule is Cc1cccc(C#N)c1N1CC2CCC(O)C2C1. The quantitative estimate of drug-likeness (QED) is 0.820. The van der Waals surface area contributed by atoms with E-state index in [-0.39, 0.29) is 6.10 Å². The second kappa shape index (κ2) is 4.29. The Morgan fingerprint density at radius 1 is 1.33 bits per heavy atom. The second-order valence-corrected chi connectivity index (χ2v) is 5.56. The molecule has 18 heavy (non-hydrogen) atoms. The zero-order valence-corrected chi connectivity index (χ0v) is 10.6. The van der Waals surface area contributed by atoms with Crippen LogP contribution in [0.2, 0.25) is 0 Å². The molecule has 1 N–H and O–H groups in total. The molecule has 3 heteroatoms. The second-order valence-electron chi connectivity index (χ2n) is 5.56. The third kappa shape index (κ3) is 1.69. The van der Waals surface area contributed by atoms with Crippen molar-refractivity contribution in [2.75, 3.05) is 18.0 Å². The lowest BCUT2D eigenvalue weighted by molar-refractivity contribution is 0.133. The van der Waals surface area contributed by atoms with Gasteiger partial charge in [0.1, 0.15) is 6.07 Å². The normalized spacial score (nSPS) is 30.3. The smallest absolute Gasteiger partial charge is 0.101 e. The largest absolute Gasteiger partial charge is 0.393 e. The topological polar surface area (TPSA) is 47.3 Å². The average molecular weight is 242 g/mol. The molecule has 94 valence electrons.